The molecule has 0 aromatic heterocycles. The number of ketones is 1. The topological polar surface area (TPSA) is 49.7 Å². The van der Waals surface area contributed by atoms with Gasteiger partial charge in [0.05, 0.1) is 5.69 Å². The average molecular weight is 301 g/mol. The van der Waals surface area contributed by atoms with E-state index in [0.717, 1.165) is 6.07 Å². The van der Waals surface area contributed by atoms with Crippen LogP contribution in [0.1, 0.15) is 28.8 Å². The number of aliphatic imine (C=N–C) groups is 1. The number of hydrogen-bond acceptors (Lipinski definition) is 3. The maximum Gasteiger partial charge on any atom is 0.170 e. The van der Waals surface area contributed by atoms with E-state index in [2.05, 4.69) is 4.99 Å². The summed E-state index contributed by atoms with van der Waals surface area (Å²) in [5.74, 6) is -1.79. The van der Waals surface area contributed by atoms with Gasteiger partial charge in [0.15, 0.2) is 17.4 Å². The lowest BCUT2D eigenvalue weighted by Gasteiger charge is -2.15. The van der Waals surface area contributed by atoms with Crippen LogP contribution in [0, 0.1) is 11.6 Å². The third-order valence-electron chi connectivity index (χ3n) is 3.64. The van der Waals surface area contributed by atoms with Crippen LogP contribution >= 0.6 is 0 Å². The van der Waals surface area contributed by atoms with Gasteiger partial charge in [-0.05, 0) is 36.6 Å². The molecule has 2 aromatic rings. The summed E-state index contributed by atoms with van der Waals surface area (Å²) in [6, 6.07) is 8.45. The van der Waals surface area contributed by atoms with E-state index in [1.54, 1.807) is 6.07 Å². The van der Waals surface area contributed by atoms with Crippen molar-refractivity contribution < 1.29 is 18.7 Å². The number of carbonyl (C=O) groups excluding carboxylic acids is 1. The zero-order chi connectivity index (χ0) is 15.7. The van der Waals surface area contributed by atoms with Gasteiger partial charge in [0.2, 0.25) is 0 Å². The SMILES string of the molecule is O=C1CC(CCc2cccc(F)c2F)=Nc2cc(O)ccc21. The van der Waals surface area contributed by atoms with Gasteiger partial charge in [-0.1, -0.05) is 12.1 Å². The molecule has 0 fully saturated rings. The molecule has 0 aliphatic carbocycles. The molecule has 0 saturated carbocycles. The Labute approximate surface area is 125 Å². The van der Waals surface area contributed by atoms with Crippen molar-refractivity contribution in [1.29, 1.82) is 0 Å². The van der Waals surface area contributed by atoms with Crippen molar-refractivity contribution in [3.63, 3.8) is 0 Å². The summed E-state index contributed by atoms with van der Waals surface area (Å²) < 4.78 is 26.8. The van der Waals surface area contributed by atoms with Gasteiger partial charge in [-0.25, -0.2) is 8.78 Å². The van der Waals surface area contributed by atoms with Crippen LogP contribution in [0.5, 0.6) is 5.75 Å². The lowest BCUT2D eigenvalue weighted by atomic mass is 9.96. The van der Waals surface area contributed by atoms with E-state index in [4.69, 9.17) is 0 Å². The second-order valence-corrected chi connectivity index (χ2v) is 5.19. The van der Waals surface area contributed by atoms with E-state index in [9.17, 15) is 18.7 Å². The van der Waals surface area contributed by atoms with Crippen molar-refractivity contribution in [2.75, 3.05) is 0 Å². The Kier molecular flexibility index (Phi) is 3.71. The number of rotatable bonds is 3. The Morgan fingerprint density at radius 3 is 2.77 bits per heavy atom. The molecule has 112 valence electrons. The highest BCUT2D eigenvalue weighted by Gasteiger charge is 2.20. The van der Waals surface area contributed by atoms with Gasteiger partial charge < -0.3 is 5.11 Å². The minimum Gasteiger partial charge on any atom is -0.508 e. The second-order valence-electron chi connectivity index (χ2n) is 5.19. The molecule has 0 atom stereocenters. The summed E-state index contributed by atoms with van der Waals surface area (Å²) in [5, 5.41) is 9.46. The predicted octanol–water partition coefficient (Wildman–Crippen LogP) is 3.96. The number of hydrogen-bond donors (Lipinski definition) is 1. The molecule has 0 amide bonds. The fraction of sp³-hybridized carbons (Fsp3) is 0.176. The molecule has 3 nitrogen and oxygen atoms in total. The van der Waals surface area contributed by atoms with Crippen LogP contribution < -0.4 is 0 Å². The monoisotopic (exact) mass is 301 g/mol. The molecule has 5 heteroatoms. The zero-order valence-electron chi connectivity index (χ0n) is 11.6. The van der Waals surface area contributed by atoms with Gasteiger partial charge in [-0.2, -0.15) is 0 Å². The van der Waals surface area contributed by atoms with E-state index in [0.29, 0.717) is 23.4 Å². The summed E-state index contributed by atoms with van der Waals surface area (Å²) in [4.78, 5) is 16.4. The van der Waals surface area contributed by atoms with Crippen LogP contribution in [0.2, 0.25) is 0 Å². The quantitative estimate of drug-likeness (QED) is 0.932. The van der Waals surface area contributed by atoms with Crippen LogP contribution in [0.25, 0.3) is 0 Å². The van der Waals surface area contributed by atoms with Crippen LogP contribution in [-0.2, 0) is 6.42 Å². The Morgan fingerprint density at radius 1 is 1.14 bits per heavy atom. The molecule has 0 bridgehead atoms. The van der Waals surface area contributed by atoms with Gasteiger partial charge in [0.1, 0.15) is 5.75 Å². The van der Waals surface area contributed by atoms with E-state index >= 15 is 0 Å². The normalized spacial score (nSPS) is 13.7. The van der Waals surface area contributed by atoms with Crippen LogP contribution in [0.3, 0.4) is 0 Å². The van der Waals surface area contributed by atoms with Gasteiger partial charge >= 0.3 is 0 Å². The molecule has 1 aliphatic rings. The summed E-state index contributed by atoms with van der Waals surface area (Å²) >= 11 is 0. The summed E-state index contributed by atoms with van der Waals surface area (Å²) in [6.07, 6.45) is 0.791. The van der Waals surface area contributed by atoms with Gasteiger partial charge in [-0.15, -0.1) is 0 Å². The number of nitrogens with zero attached hydrogens (tertiary/aromatic N) is 1. The number of halogens is 2. The predicted molar refractivity (Wildman–Crippen MR) is 78.8 cm³/mol. The lowest BCUT2D eigenvalue weighted by Crippen LogP contribution is -2.14. The number of phenols is 1. The van der Waals surface area contributed by atoms with Gasteiger partial charge in [-0.3, -0.25) is 9.79 Å². The maximum atomic E-state index is 13.6. The first-order valence-electron chi connectivity index (χ1n) is 6.90. The number of aromatic hydroxyl groups is 1. The summed E-state index contributed by atoms with van der Waals surface area (Å²) in [5.41, 5.74) is 1.76. The third-order valence-corrected chi connectivity index (χ3v) is 3.64. The molecular formula is C17H13F2NO2. The minimum atomic E-state index is -0.880. The Balaban J connectivity index is 1.82. The maximum absolute atomic E-state index is 13.6. The molecule has 3 rings (SSSR count). The van der Waals surface area contributed by atoms with Crippen molar-refractivity contribution in [2.45, 2.75) is 19.3 Å². The van der Waals surface area contributed by atoms with Crippen LogP contribution in [-0.4, -0.2) is 16.6 Å². The van der Waals surface area contributed by atoms with Crippen molar-refractivity contribution in [2.24, 2.45) is 4.99 Å². The van der Waals surface area contributed by atoms with Crippen molar-refractivity contribution in [3.8, 4) is 5.75 Å². The highest BCUT2D eigenvalue weighted by atomic mass is 19.2. The molecule has 1 aliphatic heterocycles. The minimum absolute atomic E-state index is 0.0349. The summed E-state index contributed by atoms with van der Waals surface area (Å²) in [6.45, 7) is 0. The number of benzene rings is 2. The molecule has 0 spiro atoms. The first kappa shape index (κ1) is 14.4. The largest absolute Gasteiger partial charge is 0.508 e. The Bertz CT molecular complexity index is 784. The van der Waals surface area contributed by atoms with Crippen LogP contribution in [0.4, 0.5) is 14.5 Å². The van der Waals surface area contributed by atoms with Gasteiger partial charge in [0, 0.05) is 23.8 Å². The molecule has 1 heterocycles. The van der Waals surface area contributed by atoms with E-state index in [1.165, 1.54) is 24.3 Å². The molecule has 2 aromatic carbocycles. The Morgan fingerprint density at radius 2 is 1.95 bits per heavy atom. The highest BCUT2D eigenvalue weighted by molar-refractivity contribution is 6.15. The molecular weight excluding hydrogens is 288 g/mol. The number of carbonyl (C=O) groups is 1. The second kappa shape index (κ2) is 5.67. The first-order valence-corrected chi connectivity index (χ1v) is 6.90. The van der Waals surface area contributed by atoms with Crippen molar-refractivity contribution in [3.05, 3.63) is 59.2 Å². The summed E-state index contributed by atoms with van der Waals surface area (Å²) in [7, 11) is 0. The first-order chi connectivity index (χ1) is 10.5. The molecule has 22 heavy (non-hydrogen) atoms. The van der Waals surface area contributed by atoms with Crippen LogP contribution in [0.15, 0.2) is 41.4 Å². The van der Waals surface area contributed by atoms with Crippen molar-refractivity contribution >= 4 is 17.2 Å². The third kappa shape index (κ3) is 2.74. The molecule has 0 radical (unpaired) electrons. The number of phenolic OH excluding ortho intramolecular Hbond substituents is 1. The average Bonchev–Trinajstić information content (AvgIpc) is 2.48. The van der Waals surface area contributed by atoms with Gasteiger partial charge in [0.25, 0.3) is 0 Å². The van der Waals surface area contributed by atoms with E-state index in [1.807, 2.05) is 0 Å². The highest BCUT2D eigenvalue weighted by Crippen LogP contribution is 2.30. The number of Topliss-reactive ketones (excluding diaryl/α,β-unsaturated/α-hetero) is 1. The van der Waals surface area contributed by atoms with Crippen molar-refractivity contribution in [1.82, 2.24) is 0 Å². The fourth-order valence-electron chi connectivity index (χ4n) is 2.50. The standard InChI is InChI=1S/C17H13F2NO2/c18-14-3-1-2-10(17(14)19)4-5-11-8-16(22)13-7-6-12(21)9-15(13)20-11/h1-3,6-7,9,21H,4-5,8H2. The molecule has 0 unspecified atom stereocenters. The van der Waals surface area contributed by atoms with E-state index < -0.39 is 11.6 Å². The lowest BCUT2D eigenvalue weighted by molar-refractivity contribution is 0.0999. The van der Waals surface area contributed by atoms with E-state index in [-0.39, 0.29) is 29.9 Å². The molecule has 0 saturated heterocycles. The zero-order valence-corrected chi connectivity index (χ0v) is 11.6. The Hall–Kier alpha value is -2.56. The molecule has 1 N–H and O–H groups in total. The number of fused-ring (bicyclic) bond motifs is 1. The number of aryl methyl sites for hydroxylation is 1. The fourth-order valence-corrected chi connectivity index (χ4v) is 2.50. The smallest absolute Gasteiger partial charge is 0.170 e.